The maximum absolute atomic E-state index is 12.1. The molecule has 0 aromatic rings. The number of carbonyl (C=O) groups is 1. The molecule has 0 radical (unpaired) electrons. The number of carbonyl (C=O) groups excluding carboxylic acids is 1. The second-order valence-corrected chi connectivity index (χ2v) is 6.35. The normalized spacial score (nSPS) is 32.9. The van der Waals surface area contributed by atoms with Crippen LogP contribution in [0.2, 0.25) is 0 Å². The third-order valence-corrected chi connectivity index (χ3v) is 4.64. The van der Waals surface area contributed by atoms with E-state index >= 15 is 0 Å². The summed E-state index contributed by atoms with van der Waals surface area (Å²) in [6.45, 7) is 1.56. The van der Waals surface area contributed by atoms with Gasteiger partial charge in [-0.3, -0.25) is 4.79 Å². The van der Waals surface area contributed by atoms with Gasteiger partial charge in [-0.1, -0.05) is 12.2 Å². The molecule has 1 fully saturated rings. The summed E-state index contributed by atoms with van der Waals surface area (Å²) >= 11 is 0. The topological polar surface area (TPSA) is 87.4 Å². The maximum atomic E-state index is 12.1. The summed E-state index contributed by atoms with van der Waals surface area (Å²) in [5.41, 5.74) is 5.50. The number of rotatable bonds is 6. The molecule has 120 valence electrons. The van der Waals surface area contributed by atoms with E-state index in [9.17, 15) is 9.90 Å². The average Bonchev–Trinajstić information content (AvgIpc) is 2.49. The minimum atomic E-state index is -0.435. The van der Waals surface area contributed by atoms with Crippen molar-refractivity contribution in [1.82, 2.24) is 10.6 Å². The van der Waals surface area contributed by atoms with E-state index in [2.05, 4.69) is 10.6 Å². The number of nitrogens with two attached hydrogens (primary N) is 1. The van der Waals surface area contributed by atoms with E-state index < -0.39 is 6.10 Å². The Balaban J connectivity index is 1.66. The lowest BCUT2D eigenvalue weighted by atomic mass is 9.83. The van der Waals surface area contributed by atoms with E-state index in [0.29, 0.717) is 31.3 Å². The van der Waals surface area contributed by atoms with Crippen LogP contribution in [0, 0.1) is 5.92 Å². The molecular weight excluding hydrogens is 266 g/mol. The molecule has 5 heteroatoms. The Morgan fingerprint density at radius 1 is 1.19 bits per heavy atom. The third kappa shape index (κ3) is 5.41. The summed E-state index contributed by atoms with van der Waals surface area (Å²) in [4.78, 5) is 12.1. The van der Waals surface area contributed by atoms with Crippen molar-refractivity contribution in [1.29, 1.82) is 0 Å². The van der Waals surface area contributed by atoms with Crippen molar-refractivity contribution < 1.29 is 9.90 Å². The number of hydrogen-bond acceptors (Lipinski definition) is 4. The quantitative estimate of drug-likeness (QED) is 0.543. The Morgan fingerprint density at radius 3 is 2.57 bits per heavy atom. The smallest absolute Gasteiger partial charge is 0.220 e. The molecule has 0 bridgehead atoms. The van der Waals surface area contributed by atoms with E-state index in [1.807, 2.05) is 12.2 Å². The molecule has 5 N–H and O–H groups in total. The van der Waals surface area contributed by atoms with Gasteiger partial charge in [0.1, 0.15) is 0 Å². The van der Waals surface area contributed by atoms with Gasteiger partial charge in [-0.15, -0.1) is 0 Å². The Kier molecular flexibility index (Phi) is 6.67. The predicted octanol–water partition coefficient (Wildman–Crippen LogP) is 0.679. The monoisotopic (exact) mass is 295 g/mol. The molecule has 21 heavy (non-hydrogen) atoms. The second kappa shape index (κ2) is 8.51. The molecule has 0 heterocycles. The maximum Gasteiger partial charge on any atom is 0.220 e. The molecule has 2 aliphatic carbocycles. The van der Waals surface area contributed by atoms with E-state index in [1.54, 1.807) is 0 Å². The lowest BCUT2D eigenvalue weighted by Gasteiger charge is -2.30. The zero-order chi connectivity index (χ0) is 15.1. The average molecular weight is 295 g/mol. The lowest BCUT2D eigenvalue weighted by molar-refractivity contribution is -0.123. The first kappa shape index (κ1) is 16.5. The highest BCUT2D eigenvalue weighted by molar-refractivity contribution is 5.76. The number of aliphatic hydroxyl groups excluding tert-OH is 1. The highest BCUT2D eigenvalue weighted by Gasteiger charge is 2.25. The van der Waals surface area contributed by atoms with Gasteiger partial charge in [0.25, 0.3) is 0 Å². The van der Waals surface area contributed by atoms with Gasteiger partial charge in [-0.2, -0.15) is 0 Å². The molecule has 0 aliphatic heterocycles. The Hall–Kier alpha value is -0.910. The zero-order valence-electron chi connectivity index (χ0n) is 12.8. The van der Waals surface area contributed by atoms with Crippen molar-refractivity contribution in [2.24, 2.45) is 11.7 Å². The SMILES string of the molecule is NCCN[C@H]1CC[C@H](CC(=O)NC2CC=CC[C@H]2O)CC1. The summed E-state index contributed by atoms with van der Waals surface area (Å²) in [7, 11) is 0. The van der Waals surface area contributed by atoms with Crippen LogP contribution in [0.25, 0.3) is 0 Å². The standard InChI is InChI=1S/C16H29N3O2/c17-9-10-18-13-7-5-12(6-8-13)11-16(21)19-14-3-1-2-4-15(14)20/h1-2,12-15,18,20H,3-11,17H2,(H,19,21)/t12-,13-,14?,15-/m1/s1. The van der Waals surface area contributed by atoms with Crippen LogP contribution in [-0.4, -0.2) is 42.3 Å². The predicted molar refractivity (Wildman–Crippen MR) is 83.7 cm³/mol. The van der Waals surface area contributed by atoms with Gasteiger partial charge >= 0.3 is 0 Å². The summed E-state index contributed by atoms with van der Waals surface area (Å²) in [6, 6.07) is 0.461. The van der Waals surface area contributed by atoms with E-state index in [-0.39, 0.29) is 11.9 Å². The van der Waals surface area contributed by atoms with Crippen LogP contribution in [0.1, 0.15) is 44.9 Å². The van der Waals surface area contributed by atoms with Crippen LogP contribution in [0.15, 0.2) is 12.2 Å². The van der Waals surface area contributed by atoms with E-state index in [4.69, 9.17) is 5.73 Å². The highest BCUT2D eigenvalue weighted by Crippen LogP contribution is 2.27. The van der Waals surface area contributed by atoms with Crippen LogP contribution in [0.5, 0.6) is 0 Å². The first-order valence-electron chi connectivity index (χ1n) is 8.25. The molecule has 2 atom stereocenters. The fourth-order valence-corrected chi connectivity index (χ4v) is 3.34. The van der Waals surface area contributed by atoms with Gasteiger partial charge in [-0.25, -0.2) is 0 Å². The van der Waals surface area contributed by atoms with Crippen molar-refractivity contribution in [2.45, 2.75) is 63.1 Å². The minimum absolute atomic E-state index is 0.0905. The van der Waals surface area contributed by atoms with Crippen molar-refractivity contribution in [3.63, 3.8) is 0 Å². The molecule has 1 unspecified atom stereocenters. The largest absolute Gasteiger partial charge is 0.391 e. The van der Waals surface area contributed by atoms with Crippen LogP contribution < -0.4 is 16.4 Å². The van der Waals surface area contributed by atoms with Crippen molar-refractivity contribution >= 4 is 5.91 Å². The molecule has 1 amide bonds. The van der Waals surface area contributed by atoms with Crippen LogP contribution >= 0.6 is 0 Å². The summed E-state index contributed by atoms with van der Waals surface area (Å²) in [6.07, 6.45) is 10.0. The van der Waals surface area contributed by atoms with Crippen LogP contribution in [-0.2, 0) is 4.79 Å². The molecule has 0 saturated heterocycles. The van der Waals surface area contributed by atoms with Crippen LogP contribution in [0.3, 0.4) is 0 Å². The molecule has 0 aromatic heterocycles. The van der Waals surface area contributed by atoms with Crippen LogP contribution in [0.4, 0.5) is 0 Å². The molecule has 0 aromatic carbocycles. The third-order valence-electron chi connectivity index (χ3n) is 4.64. The molecular formula is C16H29N3O2. The van der Waals surface area contributed by atoms with Gasteiger partial charge < -0.3 is 21.5 Å². The Bertz CT molecular complexity index is 351. The van der Waals surface area contributed by atoms with Gasteiger partial charge in [0, 0.05) is 25.6 Å². The highest BCUT2D eigenvalue weighted by atomic mass is 16.3. The Labute approximate surface area is 127 Å². The lowest BCUT2D eigenvalue weighted by Crippen LogP contribution is -2.44. The molecule has 2 rings (SSSR count). The second-order valence-electron chi connectivity index (χ2n) is 6.35. The number of hydrogen-bond donors (Lipinski definition) is 4. The van der Waals surface area contributed by atoms with Crippen molar-refractivity contribution in [2.75, 3.05) is 13.1 Å². The van der Waals surface area contributed by atoms with Crippen molar-refractivity contribution in [3.05, 3.63) is 12.2 Å². The molecule has 0 spiro atoms. The number of nitrogens with one attached hydrogen (secondary N) is 2. The molecule has 1 saturated carbocycles. The fraction of sp³-hybridized carbons (Fsp3) is 0.812. The van der Waals surface area contributed by atoms with Gasteiger partial charge in [0.2, 0.25) is 5.91 Å². The summed E-state index contributed by atoms with van der Waals surface area (Å²) < 4.78 is 0. The van der Waals surface area contributed by atoms with Gasteiger partial charge in [-0.05, 0) is 44.4 Å². The first-order chi connectivity index (χ1) is 10.2. The number of aliphatic hydroxyl groups is 1. The van der Waals surface area contributed by atoms with E-state index in [1.165, 1.54) is 0 Å². The van der Waals surface area contributed by atoms with Gasteiger partial charge in [0.15, 0.2) is 0 Å². The fourth-order valence-electron chi connectivity index (χ4n) is 3.34. The first-order valence-corrected chi connectivity index (χ1v) is 8.25. The molecule has 5 nitrogen and oxygen atoms in total. The Morgan fingerprint density at radius 2 is 1.90 bits per heavy atom. The minimum Gasteiger partial charge on any atom is -0.391 e. The zero-order valence-corrected chi connectivity index (χ0v) is 12.8. The van der Waals surface area contributed by atoms with Gasteiger partial charge in [0.05, 0.1) is 12.1 Å². The number of amides is 1. The van der Waals surface area contributed by atoms with E-state index in [0.717, 1.165) is 38.6 Å². The van der Waals surface area contributed by atoms with Crippen molar-refractivity contribution in [3.8, 4) is 0 Å². The summed E-state index contributed by atoms with van der Waals surface area (Å²) in [5.74, 6) is 0.574. The molecule has 2 aliphatic rings. The summed E-state index contributed by atoms with van der Waals surface area (Å²) in [5, 5.41) is 16.3.